The quantitative estimate of drug-likeness (QED) is 0.330. The minimum atomic E-state index is -0.921. The summed E-state index contributed by atoms with van der Waals surface area (Å²) in [6.07, 6.45) is 5.77. The Labute approximate surface area is 221 Å². The van der Waals surface area contributed by atoms with Crippen LogP contribution in [0.15, 0.2) is 42.5 Å². The van der Waals surface area contributed by atoms with Crippen LogP contribution in [0, 0.1) is 13.8 Å². The lowest BCUT2D eigenvalue weighted by Crippen LogP contribution is -2.42. The normalized spacial score (nSPS) is 17.4. The van der Waals surface area contributed by atoms with Gasteiger partial charge in [-0.3, -0.25) is 0 Å². The minimum absolute atomic E-state index is 0.0295. The number of urea groups is 1. The highest BCUT2D eigenvalue weighted by atomic mass is 16.5. The van der Waals surface area contributed by atoms with E-state index in [0.717, 1.165) is 49.7 Å². The zero-order valence-electron chi connectivity index (χ0n) is 22.5. The van der Waals surface area contributed by atoms with Crippen molar-refractivity contribution in [2.45, 2.75) is 84.7 Å². The Balaban J connectivity index is 1.50. The summed E-state index contributed by atoms with van der Waals surface area (Å²) >= 11 is 0. The smallest absolute Gasteiger partial charge is 0.336 e. The van der Waals surface area contributed by atoms with Gasteiger partial charge in [0, 0.05) is 19.6 Å². The van der Waals surface area contributed by atoms with Crippen molar-refractivity contribution >= 4 is 12.0 Å². The third-order valence-electron chi connectivity index (χ3n) is 6.93. The van der Waals surface area contributed by atoms with Crippen molar-refractivity contribution in [2.24, 2.45) is 0 Å². The van der Waals surface area contributed by atoms with E-state index in [4.69, 9.17) is 9.47 Å². The highest BCUT2D eigenvalue weighted by Gasteiger charge is 2.24. The fourth-order valence-electron chi connectivity index (χ4n) is 4.75. The summed E-state index contributed by atoms with van der Waals surface area (Å²) in [6, 6.07) is 13.7. The van der Waals surface area contributed by atoms with E-state index in [9.17, 15) is 14.7 Å². The first-order valence-corrected chi connectivity index (χ1v) is 13.5. The van der Waals surface area contributed by atoms with Gasteiger partial charge in [0.25, 0.3) is 0 Å². The molecule has 0 bridgehead atoms. The van der Waals surface area contributed by atoms with Crippen molar-refractivity contribution in [1.82, 2.24) is 10.2 Å². The lowest BCUT2D eigenvalue weighted by atomic mass is 9.94. The molecular weight excluding hydrogens is 468 g/mol. The number of carbonyl (C=O) groups is 2. The summed E-state index contributed by atoms with van der Waals surface area (Å²) in [4.78, 5) is 26.3. The largest absolute Gasteiger partial charge is 0.478 e. The second-order valence-corrected chi connectivity index (χ2v) is 10.00. The lowest BCUT2D eigenvalue weighted by molar-refractivity contribution is -0.0526. The monoisotopic (exact) mass is 510 g/mol. The SMILES string of the molecule is CCCCNC(=O)N(CCO[C@H]1CCCC(OCc2cccc(C)c2C(=O)O)C1)Cc1ccc(C)cc1. The molecule has 0 aromatic heterocycles. The number of aryl methyl sites for hydroxylation is 2. The standard InChI is InChI=1S/C30H42N2O5/c1-4-5-16-31-30(35)32(20-24-14-12-22(2)13-15-24)17-18-36-26-10-7-11-27(19-26)37-21-25-9-6-8-23(3)28(25)29(33)34/h6,8-9,12-15,26-27H,4-5,7,10-11,16-21H2,1-3H3,(H,31,35)(H,33,34)/t26-,27?/m0/s1. The molecule has 0 heterocycles. The number of carboxylic acid groups (broad SMARTS) is 1. The van der Waals surface area contributed by atoms with E-state index >= 15 is 0 Å². The summed E-state index contributed by atoms with van der Waals surface area (Å²) in [5.74, 6) is -0.921. The maximum absolute atomic E-state index is 12.8. The van der Waals surface area contributed by atoms with Gasteiger partial charge in [-0.05, 0) is 62.6 Å². The molecule has 3 rings (SSSR count). The Hall–Kier alpha value is -2.90. The molecule has 37 heavy (non-hydrogen) atoms. The third kappa shape index (κ3) is 9.17. The first kappa shape index (κ1) is 28.7. The van der Waals surface area contributed by atoms with Gasteiger partial charge in [0.05, 0.1) is 31.0 Å². The van der Waals surface area contributed by atoms with Crippen molar-refractivity contribution in [2.75, 3.05) is 19.7 Å². The van der Waals surface area contributed by atoms with Crippen LogP contribution >= 0.6 is 0 Å². The predicted octanol–water partition coefficient (Wildman–Crippen LogP) is 5.86. The van der Waals surface area contributed by atoms with Crippen molar-refractivity contribution in [3.05, 3.63) is 70.3 Å². The molecule has 7 heteroatoms. The van der Waals surface area contributed by atoms with Crippen LogP contribution in [0.5, 0.6) is 0 Å². The van der Waals surface area contributed by atoms with Crippen LogP contribution in [-0.4, -0.2) is 53.9 Å². The number of nitrogens with one attached hydrogen (secondary N) is 1. The van der Waals surface area contributed by atoms with E-state index < -0.39 is 5.97 Å². The molecule has 7 nitrogen and oxygen atoms in total. The molecule has 2 aromatic rings. The highest BCUT2D eigenvalue weighted by Crippen LogP contribution is 2.25. The summed E-state index contributed by atoms with van der Waals surface area (Å²) in [5, 5.41) is 12.6. The molecule has 0 aliphatic heterocycles. The van der Waals surface area contributed by atoms with Crippen LogP contribution in [0.1, 0.15) is 78.1 Å². The number of carbonyl (C=O) groups excluding carboxylic acids is 1. The number of hydrogen-bond donors (Lipinski definition) is 2. The molecule has 2 atom stereocenters. The van der Waals surface area contributed by atoms with Crippen LogP contribution in [-0.2, 0) is 22.6 Å². The molecular formula is C30H42N2O5. The zero-order chi connectivity index (χ0) is 26.6. The Morgan fingerprint density at radius 2 is 1.78 bits per heavy atom. The molecule has 2 N–H and O–H groups in total. The van der Waals surface area contributed by atoms with E-state index in [0.29, 0.717) is 37.4 Å². The second kappa shape index (κ2) is 14.7. The number of rotatable bonds is 13. The average Bonchev–Trinajstić information content (AvgIpc) is 2.88. The van der Waals surface area contributed by atoms with E-state index in [-0.39, 0.29) is 24.8 Å². The van der Waals surface area contributed by atoms with Crippen molar-refractivity contribution in [3.63, 3.8) is 0 Å². The molecule has 0 radical (unpaired) electrons. The average molecular weight is 511 g/mol. The Bertz CT molecular complexity index is 1010. The van der Waals surface area contributed by atoms with Crippen molar-refractivity contribution in [3.8, 4) is 0 Å². The van der Waals surface area contributed by atoms with Gasteiger partial charge >= 0.3 is 12.0 Å². The summed E-state index contributed by atoms with van der Waals surface area (Å²) < 4.78 is 12.4. The summed E-state index contributed by atoms with van der Waals surface area (Å²) in [7, 11) is 0. The van der Waals surface area contributed by atoms with Gasteiger partial charge in [0.1, 0.15) is 0 Å². The van der Waals surface area contributed by atoms with Gasteiger partial charge in [-0.2, -0.15) is 0 Å². The van der Waals surface area contributed by atoms with Gasteiger partial charge < -0.3 is 24.8 Å². The van der Waals surface area contributed by atoms with Crippen LogP contribution in [0.4, 0.5) is 4.79 Å². The molecule has 1 aliphatic carbocycles. The van der Waals surface area contributed by atoms with Crippen LogP contribution in [0.2, 0.25) is 0 Å². The fraction of sp³-hybridized carbons (Fsp3) is 0.533. The molecule has 2 aromatic carbocycles. The van der Waals surface area contributed by atoms with Gasteiger partial charge in [-0.25, -0.2) is 9.59 Å². The van der Waals surface area contributed by atoms with E-state index in [1.165, 1.54) is 5.56 Å². The molecule has 1 saturated carbocycles. The molecule has 1 aliphatic rings. The Morgan fingerprint density at radius 3 is 2.49 bits per heavy atom. The highest BCUT2D eigenvalue weighted by molar-refractivity contribution is 5.91. The van der Waals surface area contributed by atoms with Crippen LogP contribution < -0.4 is 5.32 Å². The van der Waals surface area contributed by atoms with Gasteiger partial charge in [-0.15, -0.1) is 0 Å². The number of hydrogen-bond acceptors (Lipinski definition) is 4. The van der Waals surface area contributed by atoms with Crippen LogP contribution in [0.3, 0.4) is 0 Å². The number of unbranched alkanes of at least 4 members (excludes halogenated alkanes) is 1. The number of amides is 2. The lowest BCUT2D eigenvalue weighted by Gasteiger charge is -2.30. The number of benzene rings is 2. The Morgan fingerprint density at radius 1 is 1.05 bits per heavy atom. The summed E-state index contributed by atoms with van der Waals surface area (Å²) in [5.41, 5.74) is 4.07. The van der Waals surface area contributed by atoms with Gasteiger partial charge in [0.2, 0.25) is 0 Å². The topological polar surface area (TPSA) is 88.1 Å². The predicted molar refractivity (Wildman–Crippen MR) is 145 cm³/mol. The number of aromatic carboxylic acids is 1. The number of nitrogens with zero attached hydrogens (tertiary/aromatic N) is 1. The maximum Gasteiger partial charge on any atom is 0.336 e. The van der Waals surface area contributed by atoms with Gasteiger partial charge in [-0.1, -0.05) is 61.4 Å². The van der Waals surface area contributed by atoms with E-state index in [1.54, 1.807) is 0 Å². The third-order valence-corrected chi connectivity index (χ3v) is 6.93. The molecule has 202 valence electrons. The van der Waals surface area contributed by atoms with E-state index in [2.05, 4.69) is 43.4 Å². The van der Waals surface area contributed by atoms with Crippen molar-refractivity contribution < 1.29 is 24.2 Å². The molecule has 0 saturated heterocycles. The fourth-order valence-corrected chi connectivity index (χ4v) is 4.75. The second-order valence-electron chi connectivity index (χ2n) is 10.00. The van der Waals surface area contributed by atoms with Gasteiger partial charge in [0.15, 0.2) is 0 Å². The number of ether oxygens (including phenoxy) is 2. The maximum atomic E-state index is 12.8. The first-order chi connectivity index (χ1) is 17.9. The van der Waals surface area contributed by atoms with Crippen molar-refractivity contribution in [1.29, 1.82) is 0 Å². The molecule has 1 fully saturated rings. The Kier molecular flexibility index (Phi) is 11.4. The van der Waals surface area contributed by atoms with E-state index in [1.807, 2.05) is 30.0 Å². The minimum Gasteiger partial charge on any atom is -0.478 e. The summed E-state index contributed by atoms with van der Waals surface area (Å²) in [6.45, 7) is 8.45. The zero-order valence-corrected chi connectivity index (χ0v) is 22.5. The molecule has 1 unspecified atom stereocenters. The molecule has 2 amide bonds. The molecule has 0 spiro atoms. The number of carboxylic acids is 1. The first-order valence-electron chi connectivity index (χ1n) is 13.5. The van der Waals surface area contributed by atoms with Crippen LogP contribution in [0.25, 0.3) is 0 Å².